The summed E-state index contributed by atoms with van der Waals surface area (Å²) in [6.07, 6.45) is 4.75. The van der Waals surface area contributed by atoms with Gasteiger partial charge in [-0.2, -0.15) is 5.11 Å². The van der Waals surface area contributed by atoms with E-state index in [9.17, 15) is 0 Å². The maximum absolute atomic E-state index is 5.85. The monoisotopic (exact) mass is 240 g/mol. The second-order valence-corrected chi connectivity index (χ2v) is 5.09. The van der Waals surface area contributed by atoms with Crippen LogP contribution in [0, 0.1) is 0 Å². The van der Waals surface area contributed by atoms with Crippen molar-refractivity contribution in [2.45, 2.75) is 37.8 Å². The van der Waals surface area contributed by atoms with E-state index in [0.717, 1.165) is 18.9 Å². The van der Waals surface area contributed by atoms with E-state index in [4.69, 9.17) is 4.84 Å². The Morgan fingerprint density at radius 3 is 2.65 bits per heavy atom. The average Bonchev–Trinajstić information content (AvgIpc) is 2.68. The summed E-state index contributed by atoms with van der Waals surface area (Å²) in [5, 5.41) is 10.1. The van der Waals surface area contributed by atoms with Gasteiger partial charge in [-0.25, -0.2) is 9.48 Å². The van der Waals surface area contributed by atoms with Crippen LogP contribution >= 0.6 is 0 Å². The molecular weight excluding hydrogens is 218 g/mol. The zero-order chi connectivity index (χ0) is 12.4. The molecule has 2 aliphatic rings. The van der Waals surface area contributed by atoms with Crippen LogP contribution < -0.4 is 0 Å². The molecule has 1 aliphatic heterocycles. The number of hydrogen-bond acceptors (Lipinski definition) is 4. The summed E-state index contributed by atoms with van der Waals surface area (Å²) in [4.78, 5) is 7.78. The number of rotatable bonds is 1. The molecule has 17 heavy (non-hydrogen) atoms. The summed E-state index contributed by atoms with van der Waals surface area (Å²) < 4.78 is 1.94. The first kappa shape index (κ1) is 12.1. The van der Waals surface area contributed by atoms with Gasteiger partial charge >= 0.3 is 6.02 Å². The van der Waals surface area contributed by atoms with Crippen LogP contribution in [0.1, 0.15) is 25.7 Å². The van der Waals surface area contributed by atoms with Gasteiger partial charge in [0.25, 0.3) is 0 Å². The van der Waals surface area contributed by atoms with Crippen molar-refractivity contribution in [1.29, 1.82) is 0 Å². The van der Waals surface area contributed by atoms with Crippen molar-refractivity contribution in [2.75, 3.05) is 28.2 Å². The topological polar surface area (TPSA) is 43.4 Å². The van der Waals surface area contributed by atoms with Gasteiger partial charge in [0.2, 0.25) is 0 Å². The van der Waals surface area contributed by atoms with Crippen molar-refractivity contribution in [3.05, 3.63) is 0 Å². The Morgan fingerprint density at radius 2 is 2.00 bits per heavy atom. The highest BCUT2D eigenvalue weighted by molar-refractivity contribution is 5.67. The zero-order valence-corrected chi connectivity index (χ0v) is 11.1. The average molecular weight is 240 g/mol. The minimum Gasteiger partial charge on any atom is -0.283 e. The summed E-state index contributed by atoms with van der Waals surface area (Å²) in [5.74, 6) is 0. The molecule has 6 heteroatoms. The van der Waals surface area contributed by atoms with Gasteiger partial charge < -0.3 is 0 Å². The standard InChI is InChI=1S/C11H22N5O/c1-14(2)11(15(3)4)17-16-10-8-6-5-7-9(10)12-13-16/h9-10H,5-8H2,1-4H3/q+1. The largest absolute Gasteiger partial charge is 0.471 e. The fourth-order valence-electron chi connectivity index (χ4n) is 2.40. The molecule has 2 rings (SSSR count). The summed E-state index contributed by atoms with van der Waals surface area (Å²) in [6.45, 7) is 0. The van der Waals surface area contributed by atoms with Gasteiger partial charge in [-0.05, 0) is 18.1 Å². The molecule has 96 valence electrons. The lowest BCUT2D eigenvalue weighted by Gasteiger charge is -2.27. The van der Waals surface area contributed by atoms with Crippen LogP contribution in [0.25, 0.3) is 0 Å². The molecule has 0 radical (unpaired) electrons. The molecule has 1 fully saturated rings. The number of amidine groups is 1. The Kier molecular flexibility index (Phi) is 3.49. The normalized spacial score (nSPS) is 26.7. The third-order valence-electron chi connectivity index (χ3n) is 3.21. The lowest BCUT2D eigenvalue weighted by Crippen LogP contribution is -2.43. The van der Waals surface area contributed by atoms with E-state index < -0.39 is 0 Å². The first-order chi connectivity index (χ1) is 8.09. The number of hydrogen-bond donors (Lipinski definition) is 0. The molecular formula is C11H22N5O+. The molecule has 1 saturated carbocycles. The summed E-state index contributed by atoms with van der Waals surface area (Å²) in [6, 6.07) is 1.42. The molecule has 0 aromatic carbocycles. The van der Waals surface area contributed by atoms with Crippen LogP contribution in [-0.2, 0) is 4.84 Å². The van der Waals surface area contributed by atoms with Gasteiger partial charge in [-0.1, -0.05) is 18.0 Å². The van der Waals surface area contributed by atoms with E-state index >= 15 is 0 Å². The van der Waals surface area contributed by atoms with Crippen LogP contribution in [-0.4, -0.2) is 60.9 Å². The number of nitrogens with zero attached hydrogens (tertiary/aromatic N) is 5. The van der Waals surface area contributed by atoms with Crippen molar-refractivity contribution in [1.82, 2.24) is 10.1 Å². The van der Waals surface area contributed by atoms with E-state index in [-0.39, 0.29) is 0 Å². The van der Waals surface area contributed by atoms with Gasteiger partial charge in [-0.3, -0.25) is 4.84 Å². The minimum absolute atomic E-state index is 0.318. The molecule has 0 spiro atoms. The Hall–Kier alpha value is -1.33. The van der Waals surface area contributed by atoms with Crippen LogP contribution in [0.5, 0.6) is 0 Å². The third kappa shape index (κ3) is 2.50. The Labute approximate surface area is 102 Å². The molecule has 0 N–H and O–H groups in total. The maximum Gasteiger partial charge on any atom is 0.471 e. The highest BCUT2D eigenvalue weighted by Gasteiger charge is 2.38. The highest BCUT2D eigenvalue weighted by atomic mass is 16.7. The predicted molar refractivity (Wildman–Crippen MR) is 64.6 cm³/mol. The molecule has 1 heterocycles. The molecule has 6 nitrogen and oxygen atoms in total. The Bertz CT molecular complexity index is 335. The summed E-state index contributed by atoms with van der Waals surface area (Å²) in [5.41, 5.74) is 0. The molecule has 0 aromatic heterocycles. The summed E-state index contributed by atoms with van der Waals surface area (Å²) in [7, 11) is 7.84. The van der Waals surface area contributed by atoms with Crippen molar-refractivity contribution in [2.24, 2.45) is 10.3 Å². The van der Waals surface area contributed by atoms with E-state index in [2.05, 4.69) is 10.3 Å². The molecule has 0 saturated heterocycles. The minimum atomic E-state index is 0.318. The second kappa shape index (κ2) is 4.89. The van der Waals surface area contributed by atoms with Crippen LogP contribution in [0.3, 0.4) is 0 Å². The van der Waals surface area contributed by atoms with Crippen molar-refractivity contribution in [3.8, 4) is 0 Å². The quantitative estimate of drug-likeness (QED) is 0.392. The van der Waals surface area contributed by atoms with Crippen LogP contribution in [0.2, 0.25) is 0 Å². The van der Waals surface area contributed by atoms with E-state index in [1.807, 2.05) is 37.7 Å². The van der Waals surface area contributed by atoms with Crippen LogP contribution in [0.15, 0.2) is 10.3 Å². The van der Waals surface area contributed by atoms with Gasteiger partial charge in [0.1, 0.15) is 6.04 Å². The zero-order valence-electron chi connectivity index (χ0n) is 11.1. The van der Waals surface area contributed by atoms with E-state index in [0.29, 0.717) is 12.1 Å². The smallest absolute Gasteiger partial charge is 0.283 e. The van der Waals surface area contributed by atoms with Gasteiger partial charge in [0, 0.05) is 0 Å². The summed E-state index contributed by atoms with van der Waals surface area (Å²) >= 11 is 0. The molecule has 0 amide bonds. The maximum atomic E-state index is 5.85. The lowest BCUT2D eigenvalue weighted by atomic mass is 9.92. The first-order valence-electron chi connectivity index (χ1n) is 6.19. The molecule has 1 aliphatic carbocycles. The second-order valence-electron chi connectivity index (χ2n) is 5.09. The highest BCUT2D eigenvalue weighted by Crippen LogP contribution is 2.30. The fourth-order valence-corrected chi connectivity index (χ4v) is 2.40. The Balaban J connectivity index is 2.04. The SMILES string of the molecule is CN(C)C(ON1N=NC2CCCCC21)=[N+](C)C. The van der Waals surface area contributed by atoms with Gasteiger partial charge in [-0.15, -0.1) is 0 Å². The Morgan fingerprint density at radius 1 is 1.29 bits per heavy atom. The van der Waals surface area contributed by atoms with E-state index in [1.165, 1.54) is 12.8 Å². The van der Waals surface area contributed by atoms with Gasteiger partial charge in [0.15, 0.2) is 0 Å². The molecule has 2 unspecified atom stereocenters. The van der Waals surface area contributed by atoms with Gasteiger partial charge in [0.05, 0.1) is 34.2 Å². The molecule has 0 aromatic rings. The van der Waals surface area contributed by atoms with Crippen molar-refractivity contribution >= 4 is 6.02 Å². The van der Waals surface area contributed by atoms with Crippen molar-refractivity contribution in [3.63, 3.8) is 0 Å². The molecule has 2 atom stereocenters. The third-order valence-corrected chi connectivity index (χ3v) is 3.21. The first-order valence-corrected chi connectivity index (χ1v) is 6.19. The van der Waals surface area contributed by atoms with Crippen molar-refractivity contribution < 1.29 is 9.41 Å². The van der Waals surface area contributed by atoms with Crippen LogP contribution in [0.4, 0.5) is 0 Å². The number of fused-ring (bicyclic) bond motifs is 1. The van der Waals surface area contributed by atoms with E-state index in [1.54, 1.807) is 5.17 Å². The lowest BCUT2D eigenvalue weighted by molar-refractivity contribution is -0.487. The fraction of sp³-hybridized carbons (Fsp3) is 0.909. The predicted octanol–water partition coefficient (Wildman–Crippen LogP) is 1.10. The number of hydroxylamine groups is 1. The molecule has 0 bridgehead atoms.